The van der Waals surface area contributed by atoms with Crippen molar-refractivity contribution >= 4 is 11.9 Å². The zero-order valence-electron chi connectivity index (χ0n) is 24.5. The molecule has 5 fully saturated rings. The predicted molar refractivity (Wildman–Crippen MR) is 144 cm³/mol. The summed E-state index contributed by atoms with van der Waals surface area (Å²) in [6.07, 6.45) is 11.6. The molecule has 0 aromatic rings. The van der Waals surface area contributed by atoms with Crippen molar-refractivity contribution in [3.8, 4) is 0 Å². The molecule has 0 bridgehead atoms. The quantitative estimate of drug-likeness (QED) is 0.399. The number of ether oxygens (including phenoxy) is 1. The van der Waals surface area contributed by atoms with Crippen molar-refractivity contribution in [3.63, 3.8) is 0 Å². The smallest absolute Gasteiger partial charge is 0.309 e. The van der Waals surface area contributed by atoms with E-state index in [1.165, 1.54) is 6.92 Å². The molecule has 0 saturated heterocycles. The van der Waals surface area contributed by atoms with Crippen LogP contribution >= 0.6 is 0 Å². The second kappa shape index (κ2) is 8.45. The van der Waals surface area contributed by atoms with Crippen LogP contribution in [0.2, 0.25) is 0 Å². The summed E-state index contributed by atoms with van der Waals surface area (Å²) in [4.78, 5) is 24.6. The van der Waals surface area contributed by atoms with Crippen molar-refractivity contribution in [2.45, 2.75) is 125 Å². The van der Waals surface area contributed by atoms with Crippen molar-refractivity contribution in [1.82, 2.24) is 0 Å². The number of aliphatic hydroxyl groups is 1. The van der Waals surface area contributed by atoms with Gasteiger partial charge in [-0.2, -0.15) is 0 Å². The van der Waals surface area contributed by atoms with Crippen molar-refractivity contribution in [1.29, 1.82) is 0 Å². The minimum atomic E-state index is -0.730. The highest BCUT2D eigenvalue weighted by molar-refractivity contribution is 5.75. The van der Waals surface area contributed by atoms with Crippen molar-refractivity contribution in [3.05, 3.63) is 0 Å². The number of carboxylic acid groups (broad SMARTS) is 1. The Morgan fingerprint density at radius 1 is 0.838 bits per heavy atom. The van der Waals surface area contributed by atoms with Crippen LogP contribution in [0.1, 0.15) is 119 Å². The van der Waals surface area contributed by atoms with Crippen LogP contribution in [0.4, 0.5) is 0 Å². The third-order valence-electron chi connectivity index (χ3n) is 14.1. The van der Waals surface area contributed by atoms with E-state index in [9.17, 15) is 19.8 Å². The molecule has 5 nitrogen and oxygen atoms in total. The second-order valence-electron chi connectivity index (χ2n) is 15.6. The van der Waals surface area contributed by atoms with E-state index in [4.69, 9.17) is 4.74 Å². The normalized spacial score (nSPS) is 51.3. The summed E-state index contributed by atoms with van der Waals surface area (Å²) in [6.45, 7) is 15.5. The average molecular weight is 517 g/mol. The lowest BCUT2D eigenvalue weighted by Gasteiger charge is -2.73. The lowest BCUT2D eigenvalue weighted by molar-refractivity contribution is -0.253. The molecule has 210 valence electrons. The molecule has 5 rings (SSSR count). The zero-order valence-corrected chi connectivity index (χ0v) is 24.5. The number of fused-ring (bicyclic) bond motifs is 7. The molecular weight excluding hydrogens is 464 g/mol. The van der Waals surface area contributed by atoms with Crippen LogP contribution in [0.3, 0.4) is 0 Å². The fourth-order valence-corrected chi connectivity index (χ4v) is 12.3. The third-order valence-corrected chi connectivity index (χ3v) is 14.1. The van der Waals surface area contributed by atoms with Gasteiger partial charge in [-0.1, -0.05) is 27.2 Å². The van der Waals surface area contributed by atoms with E-state index in [0.717, 1.165) is 70.6 Å². The first-order chi connectivity index (χ1) is 17.1. The minimum absolute atomic E-state index is 0.0531. The molecule has 5 aliphatic carbocycles. The molecule has 0 radical (unpaired) electrons. The zero-order chi connectivity index (χ0) is 27.2. The number of carboxylic acids is 1. The summed E-state index contributed by atoms with van der Waals surface area (Å²) < 4.78 is 5.88. The van der Waals surface area contributed by atoms with Gasteiger partial charge in [0.2, 0.25) is 0 Å². The topological polar surface area (TPSA) is 83.8 Å². The maximum Gasteiger partial charge on any atom is 0.309 e. The molecule has 5 aliphatic rings. The summed E-state index contributed by atoms with van der Waals surface area (Å²) in [7, 11) is 0. The molecule has 2 N–H and O–H groups in total. The molecule has 5 saturated carbocycles. The second-order valence-corrected chi connectivity index (χ2v) is 15.6. The SMILES string of the molecule is CC(=O)OCC12CCC(C(C)(C)O)C1CCC1(C)C2CCC2C3(C)CCCC(C)(C(=O)O)C3CCC21C. The van der Waals surface area contributed by atoms with Gasteiger partial charge in [-0.25, -0.2) is 0 Å². The minimum Gasteiger partial charge on any atom is -0.481 e. The van der Waals surface area contributed by atoms with Gasteiger partial charge in [-0.05, 0) is 131 Å². The summed E-state index contributed by atoms with van der Waals surface area (Å²) in [6, 6.07) is 0. The van der Waals surface area contributed by atoms with Crippen LogP contribution in [0.5, 0.6) is 0 Å². The number of aliphatic carboxylic acids is 1. The van der Waals surface area contributed by atoms with E-state index in [0.29, 0.717) is 24.4 Å². The van der Waals surface area contributed by atoms with E-state index in [-0.39, 0.29) is 39.5 Å². The van der Waals surface area contributed by atoms with Crippen molar-refractivity contribution < 1.29 is 24.5 Å². The van der Waals surface area contributed by atoms with E-state index in [1.54, 1.807) is 0 Å². The number of carbonyl (C=O) groups is 2. The first-order valence-corrected chi connectivity index (χ1v) is 15.2. The van der Waals surface area contributed by atoms with Crippen LogP contribution in [-0.2, 0) is 14.3 Å². The van der Waals surface area contributed by atoms with Gasteiger partial charge in [-0.3, -0.25) is 9.59 Å². The number of hydrogen-bond donors (Lipinski definition) is 2. The van der Waals surface area contributed by atoms with Crippen LogP contribution < -0.4 is 0 Å². The number of rotatable bonds is 4. The fraction of sp³-hybridized carbons (Fsp3) is 0.938. The number of carbonyl (C=O) groups excluding carboxylic acids is 1. The molecule has 0 aliphatic heterocycles. The van der Waals surface area contributed by atoms with Gasteiger partial charge in [-0.15, -0.1) is 0 Å². The van der Waals surface area contributed by atoms with Crippen LogP contribution in [0, 0.1) is 56.7 Å². The van der Waals surface area contributed by atoms with Crippen molar-refractivity contribution in [2.75, 3.05) is 6.61 Å². The Morgan fingerprint density at radius 2 is 1.46 bits per heavy atom. The Bertz CT molecular complexity index is 953. The Morgan fingerprint density at radius 3 is 2.08 bits per heavy atom. The largest absolute Gasteiger partial charge is 0.481 e. The molecular formula is C32H52O5. The number of esters is 1. The fourth-order valence-electron chi connectivity index (χ4n) is 12.3. The lowest BCUT2D eigenvalue weighted by Crippen LogP contribution is -2.67. The molecule has 0 aromatic heterocycles. The molecule has 0 aromatic carbocycles. The molecule has 0 heterocycles. The van der Waals surface area contributed by atoms with E-state index >= 15 is 0 Å². The van der Waals surface area contributed by atoms with Gasteiger partial charge in [0.25, 0.3) is 0 Å². The monoisotopic (exact) mass is 516 g/mol. The van der Waals surface area contributed by atoms with Gasteiger partial charge < -0.3 is 14.9 Å². The Labute approximate surface area is 224 Å². The summed E-state index contributed by atoms with van der Waals surface area (Å²) in [5, 5.41) is 21.5. The molecule has 0 amide bonds. The Hall–Kier alpha value is -1.10. The van der Waals surface area contributed by atoms with Crippen LogP contribution in [0.25, 0.3) is 0 Å². The molecule has 5 heteroatoms. The van der Waals surface area contributed by atoms with E-state index in [2.05, 4.69) is 20.8 Å². The number of hydrogen-bond acceptors (Lipinski definition) is 4. The summed E-state index contributed by atoms with van der Waals surface area (Å²) in [5.74, 6) is 1.03. The van der Waals surface area contributed by atoms with Crippen molar-refractivity contribution in [2.24, 2.45) is 56.7 Å². The standard InChI is InChI=1S/C32H52O5/c1-20(33)37-19-32-18-12-21(27(2,3)36)22(32)11-16-31(7)25(32)10-9-24-28(4)14-8-15-29(5,26(34)35)23(28)13-17-30(24,31)6/h21-25,36H,8-19H2,1-7H3,(H,34,35). The highest BCUT2D eigenvalue weighted by atomic mass is 16.5. The molecule has 10 atom stereocenters. The molecule has 10 unspecified atom stereocenters. The first-order valence-electron chi connectivity index (χ1n) is 15.2. The van der Waals surface area contributed by atoms with Gasteiger partial charge >= 0.3 is 11.9 Å². The highest BCUT2D eigenvalue weighted by Crippen LogP contribution is 2.78. The maximum atomic E-state index is 12.5. The van der Waals surface area contributed by atoms with E-state index in [1.807, 2.05) is 20.8 Å². The summed E-state index contributed by atoms with van der Waals surface area (Å²) in [5.41, 5.74) is -1.11. The third kappa shape index (κ3) is 3.57. The maximum absolute atomic E-state index is 12.5. The van der Waals surface area contributed by atoms with Crippen LogP contribution in [0.15, 0.2) is 0 Å². The average Bonchev–Trinajstić information content (AvgIpc) is 3.18. The van der Waals surface area contributed by atoms with Gasteiger partial charge in [0.1, 0.15) is 0 Å². The Balaban J connectivity index is 1.55. The van der Waals surface area contributed by atoms with Gasteiger partial charge in [0, 0.05) is 12.3 Å². The first kappa shape index (κ1) is 27.5. The summed E-state index contributed by atoms with van der Waals surface area (Å²) >= 11 is 0. The molecule has 37 heavy (non-hydrogen) atoms. The predicted octanol–water partition coefficient (Wildman–Crippen LogP) is 6.86. The molecule has 0 spiro atoms. The van der Waals surface area contributed by atoms with E-state index < -0.39 is 17.0 Å². The lowest BCUT2D eigenvalue weighted by atomic mass is 9.31. The Kier molecular flexibility index (Phi) is 6.27. The van der Waals surface area contributed by atoms with Gasteiger partial charge in [0.15, 0.2) is 0 Å². The van der Waals surface area contributed by atoms with Crippen LogP contribution in [-0.4, -0.2) is 34.4 Å². The van der Waals surface area contributed by atoms with Gasteiger partial charge in [0.05, 0.1) is 17.6 Å². The highest BCUT2D eigenvalue weighted by Gasteiger charge is 2.72.